The summed E-state index contributed by atoms with van der Waals surface area (Å²) in [5, 5.41) is 3.48. The molecule has 0 bridgehead atoms. The topological polar surface area (TPSA) is 36.8 Å². The van der Waals surface area contributed by atoms with E-state index in [0.717, 1.165) is 36.3 Å². The van der Waals surface area contributed by atoms with E-state index in [0.29, 0.717) is 0 Å². The number of likely N-dealkylation sites (tertiary alicyclic amines) is 2. The number of carbonyl (C=O) groups excluding carboxylic acids is 1. The lowest BCUT2D eigenvalue weighted by Gasteiger charge is -2.35. The Kier molecular flexibility index (Phi) is 15.2. The third-order valence-electron chi connectivity index (χ3n) is 7.31. The molecule has 0 spiro atoms. The van der Waals surface area contributed by atoms with Crippen molar-refractivity contribution in [2.24, 2.45) is 0 Å². The molecule has 0 saturated carbocycles. The van der Waals surface area contributed by atoms with Crippen molar-refractivity contribution in [3.63, 3.8) is 0 Å². The molecule has 0 aromatic rings. The summed E-state index contributed by atoms with van der Waals surface area (Å²) in [6, 6.07) is 4.95. The fourth-order valence-corrected chi connectivity index (χ4v) is 4.60. The fraction of sp³-hybridized carbons (Fsp3) is 0.958. The maximum atomic E-state index is 8.00. The first-order valence-electron chi connectivity index (χ1n) is 11.8. The van der Waals surface area contributed by atoms with Gasteiger partial charge in [-0.2, -0.15) is 0 Å². The highest BCUT2D eigenvalue weighted by molar-refractivity contribution is 5.11. The molecule has 0 aliphatic carbocycles. The van der Waals surface area contributed by atoms with Gasteiger partial charge in [0.2, 0.25) is 0 Å². The molecule has 0 amide bonds. The first kappa shape index (κ1) is 27.5. The predicted octanol–water partition coefficient (Wildman–Crippen LogP) is 3.69. The van der Waals surface area contributed by atoms with Crippen molar-refractivity contribution < 1.29 is 9.69 Å². The Hall–Kier alpha value is -0.450. The van der Waals surface area contributed by atoms with E-state index in [2.05, 4.69) is 65.9 Å². The summed E-state index contributed by atoms with van der Waals surface area (Å²) in [5.74, 6) is 0. The van der Waals surface area contributed by atoms with Crippen LogP contribution in [0.2, 0.25) is 0 Å². The molecule has 0 aromatic heterocycles. The average molecular weight is 399 g/mol. The highest BCUT2D eigenvalue weighted by Crippen LogP contribution is 2.19. The number of hydrogen-bond acceptors (Lipinski definition) is 3. The van der Waals surface area contributed by atoms with Crippen molar-refractivity contribution in [3.8, 4) is 0 Å². The third kappa shape index (κ3) is 10.9. The molecular weight excluding hydrogens is 346 g/mol. The van der Waals surface area contributed by atoms with Crippen LogP contribution in [0.5, 0.6) is 0 Å². The van der Waals surface area contributed by atoms with Gasteiger partial charge in [-0.1, -0.05) is 12.8 Å². The van der Waals surface area contributed by atoms with E-state index in [-0.39, 0.29) is 0 Å². The third-order valence-corrected chi connectivity index (χ3v) is 7.31. The summed E-state index contributed by atoms with van der Waals surface area (Å²) >= 11 is 0. The summed E-state index contributed by atoms with van der Waals surface area (Å²) in [5.41, 5.74) is 0. The van der Waals surface area contributed by atoms with Gasteiger partial charge in [0.25, 0.3) is 0 Å². The highest BCUT2D eigenvalue weighted by atomic mass is 16.1. The quantitative estimate of drug-likeness (QED) is 0.653. The summed E-state index contributed by atoms with van der Waals surface area (Å²) < 4.78 is 0. The van der Waals surface area contributed by atoms with Crippen molar-refractivity contribution in [2.75, 3.05) is 14.1 Å². The second-order valence-electron chi connectivity index (χ2n) is 9.67. The highest BCUT2D eigenvalue weighted by Gasteiger charge is 2.23. The minimum atomic E-state index is 0.763. The van der Waals surface area contributed by atoms with Crippen LogP contribution >= 0.6 is 0 Å². The number of piperidine rings is 3. The number of rotatable bonds is 0. The van der Waals surface area contributed by atoms with Gasteiger partial charge in [-0.15, -0.1) is 0 Å². The summed E-state index contributed by atoms with van der Waals surface area (Å²) in [4.78, 5) is 12.2. The van der Waals surface area contributed by atoms with E-state index in [1.807, 2.05) is 6.79 Å². The lowest BCUT2D eigenvalue weighted by atomic mass is 9.99. The van der Waals surface area contributed by atoms with E-state index in [1.54, 1.807) is 4.90 Å². The Morgan fingerprint density at radius 1 is 0.714 bits per heavy atom. The Balaban J connectivity index is 0.000000374. The summed E-state index contributed by atoms with van der Waals surface area (Å²) in [6.07, 6.45) is 12.6. The van der Waals surface area contributed by atoms with Gasteiger partial charge in [-0.3, -0.25) is 0 Å². The van der Waals surface area contributed by atoms with Crippen LogP contribution in [0.4, 0.5) is 0 Å². The van der Waals surface area contributed by atoms with Gasteiger partial charge >= 0.3 is 0 Å². The molecule has 2 N–H and O–H groups in total. The molecule has 3 aliphatic heterocycles. The standard InChI is InChI=1S/2C8H17N.C7H15N.CH2O/c2*1-7-5-4-6-8(2)9(7)3;1-6-4-3-5-7(2)8-6;1-2/h2*7-8H,4-6H2,1-3H3;6-8H,3-5H2,1-2H3;1H2/p+1/t2*7-,8+;6-,7+;. The number of nitrogens with one attached hydrogen (secondary N) is 2. The van der Waals surface area contributed by atoms with Gasteiger partial charge in [-0.05, 0) is 93.5 Å². The molecular formula is C24H52N3O+. The number of carbonyl (C=O) groups is 1. The first-order valence-corrected chi connectivity index (χ1v) is 11.8. The Labute approximate surface area is 176 Å². The largest absolute Gasteiger partial charge is 0.333 e. The molecule has 28 heavy (non-hydrogen) atoms. The molecule has 4 heteroatoms. The smallest absolute Gasteiger partial charge is 0.106 e. The van der Waals surface area contributed by atoms with Crippen LogP contribution in [-0.4, -0.2) is 62.0 Å². The number of nitrogens with zero attached hydrogens (tertiary/aromatic N) is 1. The van der Waals surface area contributed by atoms with Gasteiger partial charge < -0.3 is 19.9 Å². The molecule has 0 aromatic carbocycles. The Morgan fingerprint density at radius 2 is 1.07 bits per heavy atom. The zero-order valence-electron chi connectivity index (χ0n) is 20.4. The van der Waals surface area contributed by atoms with Crippen LogP contribution in [0.15, 0.2) is 0 Å². The minimum absolute atomic E-state index is 0.763. The molecule has 3 saturated heterocycles. The minimum Gasteiger partial charge on any atom is -0.333 e. The molecule has 3 fully saturated rings. The monoisotopic (exact) mass is 398 g/mol. The molecule has 3 rings (SSSR count). The lowest BCUT2D eigenvalue weighted by molar-refractivity contribution is -0.932. The molecule has 4 nitrogen and oxygen atoms in total. The van der Waals surface area contributed by atoms with E-state index < -0.39 is 0 Å². The van der Waals surface area contributed by atoms with Gasteiger partial charge in [0.15, 0.2) is 0 Å². The van der Waals surface area contributed by atoms with Crippen LogP contribution in [0.1, 0.15) is 99.3 Å². The van der Waals surface area contributed by atoms with Crippen molar-refractivity contribution in [1.29, 1.82) is 0 Å². The van der Waals surface area contributed by atoms with E-state index >= 15 is 0 Å². The number of hydrogen-bond donors (Lipinski definition) is 2. The Morgan fingerprint density at radius 3 is 1.36 bits per heavy atom. The molecule has 1 unspecified atom stereocenters. The van der Waals surface area contributed by atoms with E-state index in [4.69, 9.17) is 4.79 Å². The fourth-order valence-electron chi connectivity index (χ4n) is 4.60. The predicted molar refractivity (Wildman–Crippen MR) is 123 cm³/mol. The van der Waals surface area contributed by atoms with Crippen LogP contribution in [0.3, 0.4) is 0 Å². The zero-order valence-corrected chi connectivity index (χ0v) is 20.4. The van der Waals surface area contributed by atoms with Gasteiger partial charge in [0, 0.05) is 24.2 Å². The van der Waals surface area contributed by atoms with Crippen LogP contribution in [0, 0.1) is 0 Å². The molecule has 3 aliphatic rings. The SMILES string of the molecule is C=O.C[C@@H]1CCC[C@H](C)N1.C[C@@H]1CCC[C@H](C)N1C.C[C@@H]1CCC[C@H](C)[NH+]1C. The Bertz CT molecular complexity index is 327. The normalized spacial score (nSPS) is 38.5. The molecule has 168 valence electrons. The summed E-state index contributed by atoms with van der Waals surface area (Å²) in [6.45, 7) is 15.9. The van der Waals surface area contributed by atoms with Crippen molar-refractivity contribution in [2.45, 2.75) is 136 Å². The second kappa shape index (κ2) is 15.4. The first-order chi connectivity index (χ1) is 13.2. The van der Waals surface area contributed by atoms with Gasteiger partial charge in [0.1, 0.15) is 6.79 Å². The maximum Gasteiger partial charge on any atom is 0.106 e. The maximum absolute atomic E-state index is 8.00. The lowest BCUT2D eigenvalue weighted by Crippen LogP contribution is -3.16. The molecule has 3 heterocycles. The van der Waals surface area contributed by atoms with E-state index in [9.17, 15) is 0 Å². The average Bonchev–Trinajstić information content (AvgIpc) is 2.66. The van der Waals surface area contributed by atoms with Crippen molar-refractivity contribution in [3.05, 3.63) is 0 Å². The van der Waals surface area contributed by atoms with Crippen LogP contribution in [0.25, 0.3) is 0 Å². The van der Waals surface area contributed by atoms with Crippen molar-refractivity contribution in [1.82, 2.24) is 10.2 Å². The van der Waals surface area contributed by atoms with Gasteiger partial charge in [-0.25, -0.2) is 0 Å². The molecule has 0 radical (unpaired) electrons. The summed E-state index contributed by atoms with van der Waals surface area (Å²) in [7, 11) is 4.54. The van der Waals surface area contributed by atoms with E-state index in [1.165, 1.54) is 57.8 Å². The number of quaternary nitrogens is 1. The molecule has 7 atom stereocenters. The van der Waals surface area contributed by atoms with Crippen LogP contribution < -0.4 is 10.2 Å². The van der Waals surface area contributed by atoms with Gasteiger partial charge in [0.05, 0.1) is 19.1 Å². The second-order valence-corrected chi connectivity index (χ2v) is 9.67. The van der Waals surface area contributed by atoms with Crippen molar-refractivity contribution >= 4 is 6.79 Å². The zero-order chi connectivity index (χ0) is 21.7. The van der Waals surface area contributed by atoms with Crippen LogP contribution in [-0.2, 0) is 4.79 Å².